The zero-order valence-electron chi connectivity index (χ0n) is 11.9. The van der Waals surface area contributed by atoms with E-state index in [0.29, 0.717) is 6.04 Å². The molecule has 0 radical (unpaired) electrons. The van der Waals surface area contributed by atoms with Crippen LogP contribution in [0.1, 0.15) is 24.5 Å². The number of aryl methyl sites for hydroxylation is 1. The van der Waals surface area contributed by atoms with Gasteiger partial charge in [0.15, 0.2) is 0 Å². The zero-order chi connectivity index (χ0) is 13.5. The Hall–Kier alpha value is -1.96. The third-order valence-electron chi connectivity index (χ3n) is 4.54. The Morgan fingerprint density at radius 1 is 1.05 bits per heavy atom. The highest BCUT2D eigenvalue weighted by atomic mass is 15.2. The Bertz CT molecular complexity index is 648. The van der Waals surface area contributed by atoms with Gasteiger partial charge < -0.3 is 10.2 Å². The summed E-state index contributed by atoms with van der Waals surface area (Å²) in [4.78, 5) is 2.45. The highest BCUT2D eigenvalue weighted by Gasteiger charge is 2.21. The molecule has 1 atom stereocenters. The van der Waals surface area contributed by atoms with Crippen LogP contribution in [0.5, 0.6) is 0 Å². The lowest BCUT2D eigenvalue weighted by Crippen LogP contribution is -2.22. The summed E-state index contributed by atoms with van der Waals surface area (Å²) in [6.07, 6.45) is 3.57. The molecule has 2 aromatic carbocycles. The highest BCUT2D eigenvalue weighted by molar-refractivity contribution is 5.72. The van der Waals surface area contributed by atoms with Crippen molar-refractivity contribution in [1.82, 2.24) is 0 Å². The maximum atomic E-state index is 3.58. The fourth-order valence-electron chi connectivity index (χ4n) is 3.41. The number of anilines is 3. The summed E-state index contributed by atoms with van der Waals surface area (Å²) < 4.78 is 0. The fraction of sp³-hybridized carbons (Fsp3) is 0.333. The van der Waals surface area contributed by atoms with E-state index in [1.54, 1.807) is 0 Å². The number of hydrogen-bond acceptors (Lipinski definition) is 2. The van der Waals surface area contributed by atoms with Gasteiger partial charge in [0.25, 0.3) is 0 Å². The first-order chi connectivity index (χ1) is 9.81. The number of fused-ring (bicyclic) bond motifs is 2. The summed E-state index contributed by atoms with van der Waals surface area (Å²) >= 11 is 0. The van der Waals surface area contributed by atoms with Crippen molar-refractivity contribution in [3.63, 3.8) is 0 Å². The molecule has 2 aliphatic rings. The lowest BCUT2D eigenvalue weighted by atomic mass is 9.98. The van der Waals surface area contributed by atoms with Crippen LogP contribution >= 0.6 is 0 Å². The summed E-state index contributed by atoms with van der Waals surface area (Å²) in [6, 6.07) is 16.2. The highest BCUT2D eigenvalue weighted by Crippen LogP contribution is 2.37. The van der Waals surface area contributed by atoms with Gasteiger partial charge in [-0.15, -0.1) is 0 Å². The molecule has 2 nitrogen and oxygen atoms in total. The number of nitrogens with one attached hydrogen (secondary N) is 1. The minimum absolute atomic E-state index is 0.598. The van der Waals surface area contributed by atoms with Crippen LogP contribution in [-0.2, 0) is 12.8 Å². The third-order valence-corrected chi connectivity index (χ3v) is 4.54. The van der Waals surface area contributed by atoms with E-state index in [1.165, 1.54) is 41.0 Å². The predicted molar refractivity (Wildman–Crippen MR) is 85.0 cm³/mol. The van der Waals surface area contributed by atoms with Gasteiger partial charge in [0, 0.05) is 29.6 Å². The number of benzene rings is 2. The average molecular weight is 264 g/mol. The molecule has 0 spiro atoms. The van der Waals surface area contributed by atoms with Gasteiger partial charge in [-0.05, 0) is 61.6 Å². The van der Waals surface area contributed by atoms with Gasteiger partial charge in [-0.25, -0.2) is 0 Å². The standard InChI is InChI=1S/C18H20N2/c1-13-6-7-15-12-16(8-9-17(15)19-13)20-11-10-14-4-2-3-5-18(14)20/h2-5,8-9,12-13,19H,6-7,10-11H2,1H3. The lowest BCUT2D eigenvalue weighted by Gasteiger charge is -2.27. The molecule has 0 aliphatic carbocycles. The molecule has 2 aromatic rings. The van der Waals surface area contributed by atoms with Crippen LogP contribution in [0.2, 0.25) is 0 Å². The van der Waals surface area contributed by atoms with Gasteiger partial charge in [0.1, 0.15) is 0 Å². The molecular weight excluding hydrogens is 244 g/mol. The van der Waals surface area contributed by atoms with Gasteiger partial charge in [-0.3, -0.25) is 0 Å². The van der Waals surface area contributed by atoms with Crippen molar-refractivity contribution in [1.29, 1.82) is 0 Å². The maximum absolute atomic E-state index is 3.58. The van der Waals surface area contributed by atoms with E-state index in [1.807, 2.05) is 0 Å². The number of hydrogen-bond donors (Lipinski definition) is 1. The molecule has 0 bridgehead atoms. The molecule has 0 aromatic heterocycles. The van der Waals surface area contributed by atoms with E-state index < -0.39 is 0 Å². The smallest absolute Gasteiger partial charge is 0.0444 e. The summed E-state index contributed by atoms with van der Waals surface area (Å²) in [6.45, 7) is 3.36. The Kier molecular flexibility index (Phi) is 2.69. The van der Waals surface area contributed by atoms with E-state index in [0.717, 1.165) is 13.0 Å². The first kappa shape index (κ1) is 11.8. The summed E-state index contributed by atoms with van der Waals surface area (Å²) in [7, 11) is 0. The fourth-order valence-corrected chi connectivity index (χ4v) is 3.41. The van der Waals surface area contributed by atoms with Crippen molar-refractivity contribution in [3.8, 4) is 0 Å². The second-order valence-electron chi connectivity index (χ2n) is 5.96. The first-order valence-electron chi connectivity index (χ1n) is 7.56. The van der Waals surface area contributed by atoms with Crippen molar-refractivity contribution >= 4 is 17.1 Å². The molecule has 20 heavy (non-hydrogen) atoms. The monoisotopic (exact) mass is 264 g/mol. The van der Waals surface area contributed by atoms with Gasteiger partial charge >= 0.3 is 0 Å². The van der Waals surface area contributed by atoms with Crippen LogP contribution in [0.15, 0.2) is 42.5 Å². The molecule has 2 aliphatic heterocycles. The molecule has 0 amide bonds. The first-order valence-corrected chi connectivity index (χ1v) is 7.56. The Balaban J connectivity index is 1.71. The van der Waals surface area contributed by atoms with Crippen LogP contribution in [0.25, 0.3) is 0 Å². The predicted octanol–water partition coefficient (Wildman–Crippen LogP) is 4.13. The van der Waals surface area contributed by atoms with Gasteiger partial charge in [0.05, 0.1) is 0 Å². The molecule has 2 heterocycles. The second kappa shape index (κ2) is 4.55. The molecule has 102 valence electrons. The zero-order valence-corrected chi connectivity index (χ0v) is 11.9. The molecule has 1 N–H and O–H groups in total. The van der Waals surface area contributed by atoms with E-state index in [2.05, 4.69) is 59.6 Å². The van der Waals surface area contributed by atoms with Crippen LogP contribution < -0.4 is 10.2 Å². The van der Waals surface area contributed by atoms with Crippen molar-refractivity contribution in [3.05, 3.63) is 53.6 Å². The summed E-state index contributed by atoms with van der Waals surface area (Å²) in [5.41, 5.74) is 6.97. The van der Waals surface area contributed by atoms with Gasteiger partial charge in [-0.1, -0.05) is 18.2 Å². The molecule has 0 fully saturated rings. The van der Waals surface area contributed by atoms with E-state index in [-0.39, 0.29) is 0 Å². The summed E-state index contributed by atoms with van der Waals surface area (Å²) in [5, 5.41) is 3.58. The number of nitrogens with zero attached hydrogens (tertiary/aromatic N) is 1. The number of para-hydroxylation sites is 1. The Morgan fingerprint density at radius 3 is 2.90 bits per heavy atom. The van der Waals surface area contributed by atoms with Crippen LogP contribution in [0.4, 0.5) is 17.1 Å². The van der Waals surface area contributed by atoms with Crippen LogP contribution in [-0.4, -0.2) is 12.6 Å². The van der Waals surface area contributed by atoms with Crippen LogP contribution in [0.3, 0.4) is 0 Å². The van der Waals surface area contributed by atoms with Gasteiger partial charge in [-0.2, -0.15) is 0 Å². The molecular formula is C18H20N2. The van der Waals surface area contributed by atoms with Crippen LogP contribution in [0, 0.1) is 0 Å². The van der Waals surface area contributed by atoms with Crippen molar-refractivity contribution in [2.45, 2.75) is 32.2 Å². The quantitative estimate of drug-likeness (QED) is 0.833. The normalized spacial score (nSPS) is 20.2. The molecule has 0 saturated heterocycles. The second-order valence-corrected chi connectivity index (χ2v) is 5.96. The lowest BCUT2D eigenvalue weighted by molar-refractivity contribution is 0.681. The molecule has 0 saturated carbocycles. The van der Waals surface area contributed by atoms with Crippen molar-refractivity contribution in [2.75, 3.05) is 16.8 Å². The minimum atomic E-state index is 0.598. The average Bonchev–Trinajstić information content (AvgIpc) is 2.91. The van der Waals surface area contributed by atoms with Crippen molar-refractivity contribution < 1.29 is 0 Å². The third kappa shape index (κ3) is 1.87. The number of rotatable bonds is 1. The molecule has 2 heteroatoms. The van der Waals surface area contributed by atoms with E-state index in [9.17, 15) is 0 Å². The SMILES string of the molecule is CC1CCc2cc(N3CCc4ccccc43)ccc2N1. The summed E-state index contributed by atoms with van der Waals surface area (Å²) in [5.74, 6) is 0. The largest absolute Gasteiger partial charge is 0.382 e. The van der Waals surface area contributed by atoms with E-state index >= 15 is 0 Å². The van der Waals surface area contributed by atoms with Gasteiger partial charge in [0.2, 0.25) is 0 Å². The van der Waals surface area contributed by atoms with Crippen molar-refractivity contribution in [2.24, 2.45) is 0 Å². The Labute approximate surface area is 120 Å². The minimum Gasteiger partial charge on any atom is -0.382 e. The van der Waals surface area contributed by atoms with E-state index in [4.69, 9.17) is 0 Å². The molecule has 4 rings (SSSR count). The maximum Gasteiger partial charge on any atom is 0.0444 e. The Morgan fingerprint density at radius 2 is 1.95 bits per heavy atom. The molecule has 1 unspecified atom stereocenters. The topological polar surface area (TPSA) is 15.3 Å².